The van der Waals surface area contributed by atoms with E-state index in [1.54, 1.807) is 11.3 Å². The topological polar surface area (TPSA) is 49.4 Å². The Bertz CT molecular complexity index is 497. The van der Waals surface area contributed by atoms with Gasteiger partial charge in [0.15, 0.2) is 0 Å². The molecule has 5 heteroatoms. The molecule has 1 N–H and O–H groups in total. The normalized spacial score (nSPS) is 16.6. The number of nitrogens with zero attached hydrogens (tertiary/aromatic N) is 1. The molecule has 0 spiro atoms. The number of hydrogen-bond acceptors (Lipinski definition) is 3. The van der Waals surface area contributed by atoms with Crippen molar-refractivity contribution < 1.29 is 9.59 Å². The summed E-state index contributed by atoms with van der Waals surface area (Å²) < 4.78 is 0. The van der Waals surface area contributed by atoms with Crippen LogP contribution in [0.25, 0.3) is 0 Å². The highest BCUT2D eigenvalue weighted by Crippen LogP contribution is 2.21. The average Bonchev–Trinajstić information content (AvgIpc) is 2.97. The predicted octanol–water partition coefficient (Wildman–Crippen LogP) is 2.83. The van der Waals surface area contributed by atoms with Crippen molar-refractivity contribution >= 4 is 23.2 Å². The van der Waals surface area contributed by atoms with E-state index in [1.807, 2.05) is 37.1 Å². The molecular weight excluding hydrogens is 296 g/mol. The highest BCUT2D eigenvalue weighted by molar-refractivity contribution is 7.09. The monoisotopic (exact) mass is 322 g/mol. The average molecular weight is 322 g/mol. The van der Waals surface area contributed by atoms with Crippen LogP contribution >= 0.6 is 11.3 Å². The van der Waals surface area contributed by atoms with E-state index in [4.69, 9.17) is 0 Å². The van der Waals surface area contributed by atoms with Crippen molar-refractivity contribution in [1.82, 2.24) is 10.2 Å². The zero-order valence-corrected chi connectivity index (χ0v) is 14.5. The molecule has 0 unspecified atom stereocenters. The van der Waals surface area contributed by atoms with E-state index >= 15 is 0 Å². The standard InChI is InChI=1S/C17H26N2O2S/c1-17(2,3)16(21)19-10-8-13(9-11-19)18-15(20)7-6-14-5-4-12-22-14/h4-5,12-13H,6-11H2,1-3H3,(H,18,20). The van der Waals surface area contributed by atoms with Crippen molar-refractivity contribution in [2.45, 2.75) is 52.5 Å². The van der Waals surface area contributed by atoms with Gasteiger partial charge in [0.1, 0.15) is 0 Å². The second-order valence-electron chi connectivity index (χ2n) is 6.96. The molecule has 22 heavy (non-hydrogen) atoms. The number of piperidine rings is 1. The molecular formula is C17H26N2O2S. The van der Waals surface area contributed by atoms with Gasteiger partial charge < -0.3 is 10.2 Å². The summed E-state index contributed by atoms with van der Waals surface area (Å²) in [5.74, 6) is 0.323. The Labute approximate surface area is 136 Å². The first-order valence-electron chi connectivity index (χ1n) is 7.97. The smallest absolute Gasteiger partial charge is 0.227 e. The van der Waals surface area contributed by atoms with E-state index in [2.05, 4.69) is 11.4 Å². The zero-order chi connectivity index (χ0) is 16.2. The van der Waals surface area contributed by atoms with Crippen LogP contribution in [-0.4, -0.2) is 35.8 Å². The lowest BCUT2D eigenvalue weighted by Gasteiger charge is -2.36. The number of aryl methyl sites for hydroxylation is 1. The summed E-state index contributed by atoms with van der Waals surface area (Å²) in [5, 5.41) is 5.14. The number of rotatable bonds is 4. The van der Waals surface area contributed by atoms with Crippen LogP contribution in [0, 0.1) is 5.41 Å². The van der Waals surface area contributed by atoms with Gasteiger partial charge in [-0.1, -0.05) is 26.8 Å². The van der Waals surface area contributed by atoms with Crippen LogP contribution < -0.4 is 5.32 Å². The van der Waals surface area contributed by atoms with E-state index in [0.717, 1.165) is 32.4 Å². The molecule has 0 saturated carbocycles. The van der Waals surface area contributed by atoms with Crippen molar-refractivity contribution in [2.24, 2.45) is 5.41 Å². The SMILES string of the molecule is CC(C)(C)C(=O)N1CCC(NC(=O)CCc2cccs2)CC1. The molecule has 1 aromatic rings. The molecule has 2 amide bonds. The molecule has 0 aromatic carbocycles. The Morgan fingerprint density at radius 1 is 1.32 bits per heavy atom. The maximum atomic E-state index is 12.2. The molecule has 0 atom stereocenters. The van der Waals surface area contributed by atoms with Gasteiger partial charge in [0.05, 0.1) is 0 Å². The van der Waals surface area contributed by atoms with Crippen LogP contribution in [0.15, 0.2) is 17.5 Å². The van der Waals surface area contributed by atoms with Gasteiger partial charge in [-0.05, 0) is 30.7 Å². The molecule has 2 rings (SSSR count). The van der Waals surface area contributed by atoms with Crippen LogP contribution in [0.1, 0.15) is 44.9 Å². The summed E-state index contributed by atoms with van der Waals surface area (Å²) in [7, 11) is 0. The van der Waals surface area contributed by atoms with Gasteiger partial charge >= 0.3 is 0 Å². The molecule has 1 aliphatic rings. The van der Waals surface area contributed by atoms with Crippen LogP contribution in [-0.2, 0) is 16.0 Å². The fourth-order valence-electron chi connectivity index (χ4n) is 2.69. The first kappa shape index (κ1) is 17.0. The third-order valence-corrected chi connectivity index (χ3v) is 4.90. The van der Waals surface area contributed by atoms with Crippen molar-refractivity contribution in [3.05, 3.63) is 22.4 Å². The molecule has 1 saturated heterocycles. The Morgan fingerprint density at radius 2 is 2.00 bits per heavy atom. The van der Waals surface area contributed by atoms with Gasteiger partial charge in [-0.15, -0.1) is 11.3 Å². The van der Waals surface area contributed by atoms with E-state index in [-0.39, 0.29) is 23.3 Å². The second-order valence-corrected chi connectivity index (χ2v) is 8.00. The fourth-order valence-corrected chi connectivity index (χ4v) is 3.40. The number of carbonyl (C=O) groups excluding carboxylic acids is 2. The summed E-state index contributed by atoms with van der Waals surface area (Å²) in [5.41, 5.74) is -0.323. The second kappa shape index (κ2) is 7.27. The van der Waals surface area contributed by atoms with Crippen molar-refractivity contribution in [3.63, 3.8) is 0 Å². The van der Waals surface area contributed by atoms with E-state index in [9.17, 15) is 9.59 Å². The minimum atomic E-state index is -0.323. The molecule has 122 valence electrons. The maximum absolute atomic E-state index is 12.2. The first-order chi connectivity index (χ1) is 10.4. The zero-order valence-electron chi connectivity index (χ0n) is 13.7. The van der Waals surface area contributed by atoms with Gasteiger partial charge in [0, 0.05) is 35.8 Å². The Hall–Kier alpha value is -1.36. The van der Waals surface area contributed by atoms with Gasteiger partial charge in [-0.3, -0.25) is 9.59 Å². The number of amides is 2. The van der Waals surface area contributed by atoms with Gasteiger partial charge in [-0.25, -0.2) is 0 Å². The number of thiophene rings is 1. The number of hydrogen-bond donors (Lipinski definition) is 1. The van der Waals surface area contributed by atoms with Gasteiger partial charge in [0.25, 0.3) is 0 Å². The minimum Gasteiger partial charge on any atom is -0.353 e. The fraction of sp³-hybridized carbons (Fsp3) is 0.647. The summed E-state index contributed by atoms with van der Waals surface area (Å²) in [6.07, 6.45) is 3.06. The van der Waals surface area contributed by atoms with Crippen LogP contribution in [0.4, 0.5) is 0 Å². The lowest BCUT2D eigenvalue weighted by atomic mass is 9.93. The largest absolute Gasteiger partial charge is 0.353 e. The molecule has 4 nitrogen and oxygen atoms in total. The van der Waals surface area contributed by atoms with Gasteiger partial charge in [-0.2, -0.15) is 0 Å². The summed E-state index contributed by atoms with van der Waals surface area (Å²) >= 11 is 1.69. The first-order valence-corrected chi connectivity index (χ1v) is 8.85. The molecule has 0 radical (unpaired) electrons. The van der Waals surface area contributed by atoms with Crippen molar-refractivity contribution in [1.29, 1.82) is 0 Å². The highest BCUT2D eigenvalue weighted by Gasteiger charge is 2.30. The third-order valence-electron chi connectivity index (χ3n) is 3.97. The lowest BCUT2D eigenvalue weighted by molar-refractivity contribution is -0.140. The third kappa shape index (κ3) is 4.83. The predicted molar refractivity (Wildman–Crippen MR) is 89.8 cm³/mol. The van der Waals surface area contributed by atoms with E-state index in [0.29, 0.717) is 6.42 Å². The van der Waals surface area contributed by atoms with Crippen molar-refractivity contribution in [2.75, 3.05) is 13.1 Å². The summed E-state index contributed by atoms with van der Waals surface area (Å²) in [4.78, 5) is 27.4. The quantitative estimate of drug-likeness (QED) is 0.926. The number of likely N-dealkylation sites (tertiary alicyclic amines) is 1. The molecule has 2 heterocycles. The molecule has 1 aromatic heterocycles. The molecule has 1 fully saturated rings. The van der Waals surface area contributed by atoms with Crippen LogP contribution in [0.5, 0.6) is 0 Å². The Kier molecular flexibility index (Phi) is 5.62. The molecule has 0 aliphatic carbocycles. The van der Waals surface area contributed by atoms with E-state index in [1.165, 1.54) is 4.88 Å². The lowest BCUT2D eigenvalue weighted by Crippen LogP contribution is -2.49. The maximum Gasteiger partial charge on any atom is 0.227 e. The van der Waals surface area contributed by atoms with E-state index < -0.39 is 0 Å². The van der Waals surface area contributed by atoms with Crippen LogP contribution in [0.3, 0.4) is 0 Å². The molecule has 1 aliphatic heterocycles. The summed E-state index contributed by atoms with van der Waals surface area (Å²) in [6, 6.07) is 4.29. The van der Waals surface area contributed by atoms with Crippen molar-refractivity contribution in [3.8, 4) is 0 Å². The molecule has 0 bridgehead atoms. The number of carbonyl (C=O) groups is 2. The van der Waals surface area contributed by atoms with Gasteiger partial charge in [0.2, 0.25) is 11.8 Å². The number of nitrogens with one attached hydrogen (secondary N) is 1. The highest BCUT2D eigenvalue weighted by atomic mass is 32.1. The Balaban J connectivity index is 1.71. The summed E-state index contributed by atoms with van der Waals surface area (Å²) in [6.45, 7) is 7.34. The van der Waals surface area contributed by atoms with Crippen LogP contribution in [0.2, 0.25) is 0 Å². The minimum absolute atomic E-state index is 0.119. The Morgan fingerprint density at radius 3 is 2.55 bits per heavy atom.